The van der Waals surface area contributed by atoms with Gasteiger partial charge in [-0.3, -0.25) is 4.98 Å². The van der Waals surface area contributed by atoms with Gasteiger partial charge in [-0.1, -0.05) is 13.8 Å². The van der Waals surface area contributed by atoms with Gasteiger partial charge in [-0.15, -0.1) is 0 Å². The maximum absolute atomic E-state index is 14.1. The van der Waals surface area contributed by atoms with Crippen molar-refractivity contribution >= 4 is 17.5 Å². The molecule has 0 bridgehead atoms. The van der Waals surface area contributed by atoms with Gasteiger partial charge in [-0.2, -0.15) is 4.98 Å². The Hall–Kier alpha value is -3.20. The minimum Gasteiger partial charge on any atom is -0.394 e. The summed E-state index contributed by atoms with van der Waals surface area (Å²) >= 11 is 0. The van der Waals surface area contributed by atoms with Gasteiger partial charge in [-0.05, 0) is 30.2 Å². The van der Waals surface area contributed by atoms with Crippen molar-refractivity contribution in [3.05, 3.63) is 60.2 Å². The molecular weight excluding hydrogens is 383 g/mol. The van der Waals surface area contributed by atoms with E-state index in [0.717, 1.165) is 12.1 Å². The van der Waals surface area contributed by atoms with E-state index in [1.807, 2.05) is 13.8 Å². The Morgan fingerprint density at radius 1 is 1.07 bits per heavy atom. The third-order valence-electron chi connectivity index (χ3n) is 4.30. The van der Waals surface area contributed by atoms with Crippen LogP contribution in [0.3, 0.4) is 0 Å². The van der Waals surface area contributed by atoms with Crippen molar-refractivity contribution in [2.24, 2.45) is 5.92 Å². The molecule has 0 saturated heterocycles. The molecule has 29 heavy (non-hydrogen) atoms. The Labute approximate surface area is 165 Å². The molecule has 0 spiro atoms. The lowest BCUT2D eigenvalue weighted by Crippen LogP contribution is -2.30. The molecule has 1 aromatic carbocycles. The van der Waals surface area contributed by atoms with Crippen molar-refractivity contribution in [1.29, 1.82) is 0 Å². The highest BCUT2D eigenvalue weighted by Gasteiger charge is 2.17. The summed E-state index contributed by atoms with van der Waals surface area (Å²) < 4.78 is 40.8. The first-order valence-corrected chi connectivity index (χ1v) is 8.96. The Morgan fingerprint density at radius 3 is 2.52 bits per heavy atom. The number of aliphatic hydroxyl groups is 1. The summed E-state index contributed by atoms with van der Waals surface area (Å²) in [6, 6.07) is 6.64. The van der Waals surface area contributed by atoms with Crippen molar-refractivity contribution < 1.29 is 18.3 Å². The highest BCUT2D eigenvalue weighted by molar-refractivity contribution is 5.67. The Balaban J connectivity index is 2.01. The number of pyridine rings is 1. The summed E-state index contributed by atoms with van der Waals surface area (Å²) in [6.45, 7) is 3.71. The Bertz CT molecular complexity index is 985. The summed E-state index contributed by atoms with van der Waals surface area (Å²) in [5, 5.41) is 15.3. The van der Waals surface area contributed by atoms with Crippen LogP contribution < -0.4 is 10.6 Å². The van der Waals surface area contributed by atoms with Crippen LogP contribution >= 0.6 is 0 Å². The van der Waals surface area contributed by atoms with Crippen LogP contribution in [0.5, 0.6) is 0 Å². The molecule has 0 aliphatic rings. The third kappa shape index (κ3) is 4.80. The quantitative estimate of drug-likeness (QED) is 0.515. The van der Waals surface area contributed by atoms with E-state index in [2.05, 4.69) is 25.6 Å². The van der Waals surface area contributed by atoms with Crippen LogP contribution in [0.15, 0.2) is 42.7 Å². The second-order valence-corrected chi connectivity index (χ2v) is 6.73. The fraction of sp³-hybridized carbons (Fsp3) is 0.250. The topological polar surface area (TPSA) is 83.0 Å². The van der Waals surface area contributed by atoms with Gasteiger partial charge in [-0.25, -0.2) is 18.2 Å². The maximum atomic E-state index is 14.1. The number of nitrogens with zero attached hydrogens (tertiary/aromatic N) is 3. The van der Waals surface area contributed by atoms with Crippen molar-refractivity contribution in [2.45, 2.75) is 19.9 Å². The van der Waals surface area contributed by atoms with Crippen LogP contribution in [0.1, 0.15) is 13.8 Å². The molecule has 3 rings (SSSR count). The number of hydrogen-bond acceptors (Lipinski definition) is 6. The van der Waals surface area contributed by atoms with Crippen molar-refractivity contribution in [2.75, 3.05) is 17.2 Å². The van der Waals surface area contributed by atoms with E-state index in [1.54, 1.807) is 24.5 Å². The number of hydrogen-bond donors (Lipinski definition) is 3. The lowest BCUT2D eigenvalue weighted by Gasteiger charge is -2.20. The van der Waals surface area contributed by atoms with E-state index in [0.29, 0.717) is 11.3 Å². The molecule has 1 atom stereocenters. The van der Waals surface area contributed by atoms with Gasteiger partial charge in [0.2, 0.25) is 5.95 Å². The molecule has 152 valence electrons. The summed E-state index contributed by atoms with van der Waals surface area (Å²) in [6.07, 6.45) is 3.21. The second-order valence-electron chi connectivity index (χ2n) is 6.73. The molecular formula is C20H20F3N5O. The first-order valence-electron chi connectivity index (χ1n) is 8.96. The molecule has 6 nitrogen and oxygen atoms in total. The zero-order chi connectivity index (χ0) is 21.0. The van der Waals surface area contributed by atoms with Gasteiger partial charge < -0.3 is 15.7 Å². The summed E-state index contributed by atoms with van der Waals surface area (Å²) in [4.78, 5) is 12.8. The average Bonchev–Trinajstić information content (AvgIpc) is 2.72. The minimum atomic E-state index is -1.57. The fourth-order valence-corrected chi connectivity index (χ4v) is 2.59. The highest BCUT2D eigenvalue weighted by Crippen LogP contribution is 2.26. The number of aliphatic hydroxyl groups excluding tert-OH is 1. The van der Waals surface area contributed by atoms with Crippen LogP contribution in [0.4, 0.5) is 30.6 Å². The van der Waals surface area contributed by atoms with Crippen LogP contribution in [-0.2, 0) is 0 Å². The van der Waals surface area contributed by atoms with Crippen LogP contribution in [0.25, 0.3) is 11.3 Å². The molecule has 2 heterocycles. The molecule has 3 N–H and O–H groups in total. The van der Waals surface area contributed by atoms with Crippen LogP contribution in [0, 0.1) is 23.4 Å². The predicted molar refractivity (Wildman–Crippen MR) is 104 cm³/mol. The number of halogens is 3. The number of nitrogens with one attached hydrogen (secondary N) is 2. The van der Waals surface area contributed by atoms with Crippen molar-refractivity contribution in [1.82, 2.24) is 15.0 Å². The van der Waals surface area contributed by atoms with E-state index in [-0.39, 0.29) is 36.0 Å². The van der Waals surface area contributed by atoms with Crippen molar-refractivity contribution in [3.8, 4) is 11.3 Å². The standard InChI is InChI=1S/C20H20F3N5O/c1-11(2)16(10-29)27-20-26-15(12-4-3-7-24-9-12)8-17(28-20)25-14-6-5-13(21)18(22)19(14)23/h3-9,11,16,29H,10H2,1-2H3,(H2,25,26,27,28)/t16-/m1/s1. The van der Waals surface area contributed by atoms with E-state index in [1.165, 1.54) is 6.07 Å². The molecule has 0 aliphatic heterocycles. The van der Waals surface area contributed by atoms with E-state index < -0.39 is 17.5 Å². The Morgan fingerprint density at radius 2 is 1.86 bits per heavy atom. The predicted octanol–water partition coefficient (Wildman–Crippen LogP) is 4.13. The minimum absolute atomic E-state index is 0.0886. The molecule has 0 aliphatic carbocycles. The summed E-state index contributed by atoms with van der Waals surface area (Å²) in [5.74, 6) is -3.77. The van der Waals surface area contributed by atoms with Gasteiger partial charge in [0.05, 0.1) is 24.0 Å². The van der Waals surface area contributed by atoms with Gasteiger partial charge in [0.1, 0.15) is 5.82 Å². The molecule has 0 unspecified atom stereocenters. The van der Waals surface area contributed by atoms with E-state index in [9.17, 15) is 18.3 Å². The number of rotatable bonds is 7. The number of anilines is 3. The first-order chi connectivity index (χ1) is 13.9. The van der Waals surface area contributed by atoms with Gasteiger partial charge in [0, 0.05) is 24.0 Å². The number of benzene rings is 1. The largest absolute Gasteiger partial charge is 0.394 e. The molecule has 0 amide bonds. The smallest absolute Gasteiger partial charge is 0.225 e. The fourth-order valence-electron chi connectivity index (χ4n) is 2.59. The van der Waals surface area contributed by atoms with E-state index in [4.69, 9.17) is 0 Å². The molecule has 0 radical (unpaired) electrons. The van der Waals surface area contributed by atoms with Gasteiger partial charge in [0.25, 0.3) is 0 Å². The first kappa shape index (κ1) is 20.5. The lowest BCUT2D eigenvalue weighted by molar-refractivity contribution is 0.248. The van der Waals surface area contributed by atoms with Crippen LogP contribution in [0.2, 0.25) is 0 Å². The monoisotopic (exact) mass is 403 g/mol. The van der Waals surface area contributed by atoms with Gasteiger partial charge >= 0.3 is 0 Å². The molecule has 9 heteroatoms. The normalized spacial score (nSPS) is 12.1. The average molecular weight is 403 g/mol. The molecule has 3 aromatic rings. The summed E-state index contributed by atoms with van der Waals surface area (Å²) in [5.41, 5.74) is 0.881. The van der Waals surface area contributed by atoms with Crippen molar-refractivity contribution in [3.63, 3.8) is 0 Å². The number of aromatic nitrogens is 3. The van der Waals surface area contributed by atoms with Gasteiger partial charge in [0.15, 0.2) is 17.5 Å². The second kappa shape index (κ2) is 8.87. The molecule has 0 fully saturated rings. The lowest BCUT2D eigenvalue weighted by atomic mass is 10.1. The van der Waals surface area contributed by atoms with E-state index >= 15 is 0 Å². The van der Waals surface area contributed by atoms with Crippen LogP contribution in [-0.4, -0.2) is 32.7 Å². The SMILES string of the molecule is CC(C)[C@@H](CO)Nc1nc(Nc2ccc(F)c(F)c2F)cc(-c2cccnc2)n1. The zero-order valence-corrected chi connectivity index (χ0v) is 15.8. The highest BCUT2D eigenvalue weighted by atomic mass is 19.2. The molecule has 2 aromatic heterocycles. The third-order valence-corrected chi connectivity index (χ3v) is 4.30. The molecule has 0 saturated carbocycles. The Kier molecular flexibility index (Phi) is 6.28. The maximum Gasteiger partial charge on any atom is 0.225 e. The summed E-state index contributed by atoms with van der Waals surface area (Å²) in [7, 11) is 0. The zero-order valence-electron chi connectivity index (χ0n) is 15.8.